The Morgan fingerprint density at radius 1 is 1.08 bits per heavy atom. The maximum Gasteiger partial charge on any atom is 0.416 e. The highest BCUT2D eigenvalue weighted by molar-refractivity contribution is 5.79. The van der Waals surface area contributed by atoms with Gasteiger partial charge in [-0.1, -0.05) is 10.3 Å². The lowest BCUT2D eigenvalue weighted by molar-refractivity contribution is -0.137. The molecular formula is C17H12F3N3O3. The van der Waals surface area contributed by atoms with E-state index in [-0.39, 0.29) is 18.3 Å². The van der Waals surface area contributed by atoms with Crippen LogP contribution in [0.1, 0.15) is 17.0 Å². The van der Waals surface area contributed by atoms with Gasteiger partial charge >= 0.3 is 6.18 Å². The van der Waals surface area contributed by atoms with E-state index in [1.807, 2.05) is 0 Å². The van der Waals surface area contributed by atoms with Gasteiger partial charge in [0, 0.05) is 5.56 Å². The van der Waals surface area contributed by atoms with Crippen LogP contribution in [0.5, 0.6) is 5.75 Å². The molecule has 9 heteroatoms. The summed E-state index contributed by atoms with van der Waals surface area (Å²) in [5.74, 6) is 0.897. The van der Waals surface area contributed by atoms with Gasteiger partial charge in [0.25, 0.3) is 5.89 Å². The Bertz CT molecular complexity index is 888. The molecule has 0 saturated carbocycles. The first-order valence-electron chi connectivity index (χ1n) is 7.36. The van der Waals surface area contributed by atoms with Gasteiger partial charge in [-0.05, 0) is 54.1 Å². The summed E-state index contributed by atoms with van der Waals surface area (Å²) in [5, 5.41) is 15.1. The lowest BCUT2D eigenvalue weighted by atomic mass is 10.1. The summed E-state index contributed by atoms with van der Waals surface area (Å²) in [6, 6.07) is 11.2. The molecule has 134 valence electrons. The molecule has 0 amide bonds. The predicted molar refractivity (Wildman–Crippen MR) is 84.9 cm³/mol. The van der Waals surface area contributed by atoms with Gasteiger partial charge in [-0.15, -0.1) is 0 Å². The first-order chi connectivity index (χ1) is 12.5. The molecule has 0 spiro atoms. The zero-order valence-corrected chi connectivity index (χ0v) is 13.1. The molecule has 1 N–H and O–H groups in total. The molecule has 0 saturated heterocycles. The number of ether oxygens (including phenoxy) is 1. The molecule has 0 unspecified atom stereocenters. The Balaban J connectivity index is 1.64. The number of halogens is 3. The van der Waals surface area contributed by atoms with Gasteiger partial charge in [0.05, 0.1) is 11.8 Å². The van der Waals surface area contributed by atoms with Gasteiger partial charge < -0.3 is 14.5 Å². The molecule has 2 aromatic carbocycles. The minimum absolute atomic E-state index is 0.0254. The van der Waals surface area contributed by atoms with Crippen molar-refractivity contribution in [3.8, 4) is 17.2 Å². The number of hydrogen-bond acceptors (Lipinski definition) is 6. The van der Waals surface area contributed by atoms with Crippen LogP contribution in [0.15, 0.2) is 58.2 Å². The van der Waals surface area contributed by atoms with E-state index >= 15 is 0 Å². The molecule has 0 fully saturated rings. The fraction of sp³-hybridized carbons (Fsp3) is 0.118. The van der Waals surface area contributed by atoms with Crippen LogP contribution in [-0.2, 0) is 12.8 Å². The van der Waals surface area contributed by atoms with Gasteiger partial charge in [-0.2, -0.15) is 18.2 Å². The molecule has 6 nitrogen and oxygen atoms in total. The molecule has 0 aliphatic carbocycles. The average Bonchev–Trinajstić information content (AvgIpc) is 3.10. The van der Waals surface area contributed by atoms with E-state index in [0.717, 1.165) is 12.1 Å². The zero-order valence-electron chi connectivity index (χ0n) is 13.1. The Morgan fingerprint density at radius 2 is 1.77 bits per heavy atom. The molecule has 0 bridgehead atoms. The summed E-state index contributed by atoms with van der Waals surface area (Å²) in [6.45, 7) is 0.0254. The van der Waals surface area contributed by atoms with Crippen molar-refractivity contribution in [3.63, 3.8) is 0 Å². The van der Waals surface area contributed by atoms with Crippen LogP contribution in [0.2, 0.25) is 0 Å². The van der Waals surface area contributed by atoms with Crippen molar-refractivity contribution in [2.75, 3.05) is 0 Å². The van der Waals surface area contributed by atoms with Crippen LogP contribution in [0.3, 0.4) is 0 Å². The Morgan fingerprint density at radius 3 is 2.38 bits per heavy atom. The maximum absolute atomic E-state index is 12.6. The van der Waals surface area contributed by atoms with E-state index in [1.54, 1.807) is 24.3 Å². The number of alkyl halides is 3. The van der Waals surface area contributed by atoms with Crippen molar-refractivity contribution in [2.45, 2.75) is 12.8 Å². The smallest absolute Gasteiger partial charge is 0.416 e. The maximum atomic E-state index is 12.6. The van der Waals surface area contributed by atoms with E-state index in [4.69, 9.17) is 14.5 Å². The van der Waals surface area contributed by atoms with Gasteiger partial charge in [0.1, 0.15) is 5.75 Å². The number of oxime groups is 1. The highest BCUT2D eigenvalue weighted by Crippen LogP contribution is 2.30. The van der Waals surface area contributed by atoms with Crippen LogP contribution >= 0.6 is 0 Å². The van der Waals surface area contributed by atoms with Crippen LogP contribution in [-0.4, -0.2) is 21.6 Å². The largest absolute Gasteiger partial charge is 0.485 e. The van der Waals surface area contributed by atoms with Crippen molar-refractivity contribution in [1.82, 2.24) is 10.1 Å². The van der Waals surface area contributed by atoms with Crippen molar-refractivity contribution >= 4 is 6.21 Å². The summed E-state index contributed by atoms with van der Waals surface area (Å²) in [7, 11) is 0. The minimum Gasteiger partial charge on any atom is -0.485 e. The third-order valence-corrected chi connectivity index (χ3v) is 3.38. The molecule has 0 atom stereocenters. The molecule has 1 aromatic heterocycles. The SMILES string of the molecule is O/N=C/c1ccc(OCc2noc(-c3ccc(C(F)(F)F)cc3)n2)cc1. The number of benzene rings is 2. The van der Waals surface area contributed by atoms with Crippen LogP contribution in [0.25, 0.3) is 11.5 Å². The minimum atomic E-state index is -4.40. The van der Waals surface area contributed by atoms with Gasteiger partial charge in [0.15, 0.2) is 6.61 Å². The topological polar surface area (TPSA) is 80.7 Å². The second-order valence-corrected chi connectivity index (χ2v) is 5.19. The summed E-state index contributed by atoms with van der Waals surface area (Å²) in [5.41, 5.74) is 0.326. The molecule has 3 aromatic rings. The summed E-state index contributed by atoms with van der Waals surface area (Å²) >= 11 is 0. The fourth-order valence-electron chi connectivity index (χ4n) is 2.10. The summed E-state index contributed by atoms with van der Waals surface area (Å²) in [6.07, 6.45) is -3.12. The van der Waals surface area contributed by atoms with Gasteiger partial charge in [-0.25, -0.2) is 0 Å². The number of aromatic nitrogens is 2. The second-order valence-electron chi connectivity index (χ2n) is 5.19. The number of nitrogens with zero attached hydrogens (tertiary/aromatic N) is 3. The van der Waals surface area contributed by atoms with Crippen molar-refractivity contribution in [3.05, 3.63) is 65.5 Å². The summed E-state index contributed by atoms with van der Waals surface area (Å²) < 4.78 is 48.3. The monoisotopic (exact) mass is 363 g/mol. The Labute approximate surface area is 145 Å². The lowest BCUT2D eigenvalue weighted by Gasteiger charge is -2.05. The Hall–Kier alpha value is -3.36. The lowest BCUT2D eigenvalue weighted by Crippen LogP contribution is -2.04. The first-order valence-corrected chi connectivity index (χ1v) is 7.36. The predicted octanol–water partition coefficient (Wildman–Crippen LogP) is 4.14. The quantitative estimate of drug-likeness (QED) is 0.419. The van der Waals surface area contributed by atoms with E-state index in [9.17, 15) is 13.2 Å². The van der Waals surface area contributed by atoms with Crippen molar-refractivity contribution in [2.24, 2.45) is 5.16 Å². The highest BCUT2D eigenvalue weighted by atomic mass is 19.4. The van der Waals surface area contributed by atoms with Crippen molar-refractivity contribution in [1.29, 1.82) is 0 Å². The fourth-order valence-corrected chi connectivity index (χ4v) is 2.10. The number of rotatable bonds is 5. The van der Waals surface area contributed by atoms with E-state index < -0.39 is 11.7 Å². The number of hydrogen-bond donors (Lipinski definition) is 1. The van der Waals surface area contributed by atoms with Crippen LogP contribution in [0, 0.1) is 0 Å². The van der Waals surface area contributed by atoms with E-state index in [0.29, 0.717) is 16.9 Å². The average molecular weight is 363 g/mol. The van der Waals surface area contributed by atoms with Crippen molar-refractivity contribution < 1.29 is 27.6 Å². The standard InChI is InChI=1S/C17H12F3N3O3/c18-17(19,20)13-5-3-12(4-6-13)16-22-15(23-26-16)10-25-14-7-1-11(2-8-14)9-21-24/h1-9,24H,10H2/b21-9+. The zero-order chi connectivity index (χ0) is 18.6. The molecule has 26 heavy (non-hydrogen) atoms. The third kappa shape index (κ3) is 4.18. The Kier molecular flexibility index (Phi) is 4.87. The highest BCUT2D eigenvalue weighted by Gasteiger charge is 2.30. The molecule has 0 aliphatic heterocycles. The van der Waals surface area contributed by atoms with E-state index in [1.165, 1.54) is 18.3 Å². The van der Waals surface area contributed by atoms with Crippen LogP contribution in [0.4, 0.5) is 13.2 Å². The van der Waals surface area contributed by atoms with Crippen LogP contribution < -0.4 is 4.74 Å². The van der Waals surface area contributed by atoms with Gasteiger partial charge in [0.2, 0.25) is 5.82 Å². The summed E-state index contributed by atoms with van der Waals surface area (Å²) in [4.78, 5) is 4.10. The normalized spacial score (nSPS) is 11.8. The molecule has 3 rings (SSSR count). The first kappa shape index (κ1) is 17.5. The second kappa shape index (κ2) is 7.26. The third-order valence-electron chi connectivity index (χ3n) is 3.38. The molecule has 0 aliphatic rings. The van der Waals surface area contributed by atoms with Gasteiger partial charge in [-0.3, -0.25) is 0 Å². The molecule has 1 heterocycles. The molecular weight excluding hydrogens is 351 g/mol. The van der Waals surface area contributed by atoms with E-state index in [2.05, 4.69) is 15.3 Å². The molecule has 0 radical (unpaired) electrons.